The number of urea groups is 1. The summed E-state index contributed by atoms with van der Waals surface area (Å²) >= 11 is 0. The Morgan fingerprint density at radius 1 is 0.797 bits per heavy atom. The van der Waals surface area contributed by atoms with Crippen LogP contribution < -0.4 is 34.3 Å². The molecule has 0 saturated heterocycles. The highest BCUT2D eigenvalue weighted by Gasteiger charge is 2.34. The fraction of sp³-hybridized carbons (Fsp3) is 0.269. The summed E-state index contributed by atoms with van der Waals surface area (Å²) in [6.07, 6.45) is 2.24. The monoisotopic (exact) mass is 975 g/mol. The first-order valence-corrected chi connectivity index (χ1v) is 25.8. The summed E-state index contributed by atoms with van der Waals surface area (Å²) in [7, 11) is -7.65. The molecule has 0 spiro atoms. The van der Waals surface area contributed by atoms with E-state index in [9.17, 15) is 30.6 Å². The molecule has 5 aromatic carbocycles. The Hall–Kier alpha value is -6.79. The van der Waals surface area contributed by atoms with Crippen LogP contribution in [-0.4, -0.2) is 67.3 Å². The summed E-state index contributed by atoms with van der Waals surface area (Å²) in [6.45, 7) is 8.55. The predicted octanol–water partition coefficient (Wildman–Crippen LogP) is 10.6. The van der Waals surface area contributed by atoms with Gasteiger partial charge in [0.25, 0.3) is 10.1 Å². The second-order valence-electron chi connectivity index (χ2n) is 16.5. The van der Waals surface area contributed by atoms with E-state index >= 15 is 0 Å². The maximum atomic E-state index is 14.8. The van der Waals surface area contributed by atoms with Gasteiger partial charge >= 0.3 is 6.03 Å². The number of ether oxygens (including phenoxy) is 2. The minimum absolute atomic E-state index is 0.0452. The lowest BCUT2D eigenvalue weighted by atomic mass is 9.93. The molecule has 17 heteroatoms. The van der Waals surface area contributed by atoms with Gasteiger partial charge in [0.1, 0.15) is 33.6 Å². The lowest BCUT2D eigenvalue weighted by molar-refractivity contribution is 0.249. The number of carbonyl (C=O) groups is 1. The maximum absolute atomic E-state index is 14.8. The standard InChI is InChI=1S/C52H54FN5O9S2/c1-5-54-37-18-22-42-48(31-37)67-49-32-38(56(6-2)7-3)19-23-43(49)51(42)44-24-21-41(33-50(44)69(62,63)64)68(60,61)55-27-13-8-9-14-28-57-45-25-20-40(65-4)29-35(45)34-58(52(57)59)46-30-36(53)17-26-47(46)66-39-15-11-10-12-16-39/h10-12,15-26,29-33,55H,5-9,13-14,27-28,34H2,1-4H3,(H,62,63,64)/b54-37-. The first-order valence-electron chi connectivity index (χ1n) is 22.9. The summed E-state index contributed by atoms with van der Waals surface area (Å²) < 4.78 is 99.8. The number of nitrogens with one attached hydrogen (secondary N) is 1. The van der Waals surface area contributed by atoms with Gasteiger partial charge in [0.05, 0.1) is 35.3 Å². The van der Waals surface area contributed by atoms with E-state index < -0.39 is 30.9 Å². The first kappa shape index (κ1) is 48.7. The number of methoxy groups -OCH3 is 1. The number of anilines is 3. The topological polar surface area (TPSA) is 171 Å². The van der Waals surface area contributed by atoms with Crippen molar-refractivity contribution in [1.82, 2.24) is 4.72 Å². The normalized spacial score (nSPS) is 13.3. The van der Waals surface area contributed by atoms with Crippen LogP contribution in [0.2, 0.25) is 0 Å². The second-order valence-corrected chi connectivity index (χ2v) is 19.6. The van der Waals surface area contributed by atoms with Gasteiger partial charge in [0.2, 0.25) is 10.0 Å². The number of unbranched alkanes of at least 4 members (excludes halogenated alkanes) is 3. The SMILES string of the molecule is CC/N=c1/ccc2c(-c3ccc(S(=O)(=O)NCCCCCCN4C(=O)N(c5cc(F)ccc5Oc5ccccc5)Cc5cc(OC)ccc54)cc3S(=O)(=O)O)c3ccc(N(CC)CC)cc3oc-2c1. The number of fused-ring (bicyclic) bond motifs is 3. The smallest absolute Gasteiger partial charge is 0.329 e. The minimum Gasteiger partial charge on any atom is -0.497 e. The molecule has 0 unspecified atom stereocenters. The van der Waals surface area contributed by atoms with Gasteiger partial charge in [0.15, 0.2) is 5.75 Å². The summed E-state index contributed by atoms with van der Waals surface area (Å²) in [5.74, 6) is 1.36. The van der Waals surface area contributed by atoms with Gasteiger partial charge in [-0.2, -0.15) is 8.42 Å². The van der Waals surface area contributed by atoms with Crippen LogP contribution in [-0.2, 0) is 26.7 Å². The van der Waals surface area contributed by atoms with Crippen LogP contribution >= 0.6 is 0 Å². The predicted molar refractivity (Wildman–Crippen MR) is 266 cm³/mol. The van der Waals surface area contributed by atoms with E-state index in [0.717, 1.165) is 30.4 Å². The lowest BCUT2D eigenvalue weighted by Gasteiger charge is -2.38. The van der Waals surface area contributed by atoms with Crippen molar-refractivity contribution in [3.63, 3.8) is 0 Å². The molecular weight excluding hydrogens is 922 g/mol. The maximum Gasteiger partial charge on any atom is 0.329 e. The number of amides is 2. The number of sulfonamides is 1. The molecule has 5 aromatic rings. The summed E-state index contributed by atoms with van der Waals surface area (Å²) in [6, 6.07) is 32.9. The highest BCUT2D eigenvalue weighted by Crippen LogP contribution is 2.44. The molecule has 1 aliphatic carbocycles. The summed E-state index contributed by atoms with van der Waals surface area (Å²) in [5, 5.41) is 1.24. The number of halogens is 1. The van der Waals surface area contributed by atoms with Gasteiger partial charge in [-0.05, 0) is 118 Å². The largest absolute Gasteiger partial charge is 0.497 e. The van der Waals surface area contributed by atoms with Gasteiger partial charge in [-0.1, -0.05) is 37.1 Å². The third-order valence-electron chi connectivity index (χ3n) is 12.1. The van der Waals surface area contributed by atoms with Crippen LogP contribution in [0, 0.1) is 5.82 Å². The molecule has 0 saturated carbocycles. The van der Waals surface area contributed by atoms with Crippen molar-refractivity contribution in [3.8, 4) is 39.7 Å². The minimum atomic E-state index is -4.97. The Morgan fingerprint density at radius 2 is 1.57 bits per heavy atom. The number of para-hydroxylation sites is 1. The zero-order valence-corrected chi connectivity index (χ0v) is 40.4. The van der Waals surface area contributed by atoms with Crippen LogP contribution in [0.4, 0.5) is 26.2 Å². The van der Waals surface area contributed by atoms with Crippen LogP contribution in [0.5, 0.6) is 17.2 Å². The molecule has 360 valence electrons. The molecule has 0 bridgehead atoms. The van der Waals surface area contributed by atoms with Crippen LogP contribution in [0.25, 0.3) is 33.4 Å². The highest BCUT2D eigenvalue weighted by molar-refractivity contribution is 7.89. The number of nitrogens with zero attached hydrogens (tertiary/aromatic N) is 4. The van der Waals surface area contributed by atoms with E-state index in [4.69, 9.17) is 13.9 Å². The molecule has 8 rings (SSSR count). The van der Waals surface area contributed by atoms with E-state index in [1.165, 1.54) is 35.2 Å². The van der Waals surface area contributed by atoms with Gasteiger partial charge in [-0.15, -0.1) is 0 Å². The van der Waals surface area contributed by atoms with E-state index in [1.807, 2.05) is 69.3 Å². The first-order chi connectivity index (χ1) is 33.2. The quantitative estimate of drug-likeness (QED) is 0.0451. The summed E-state index contributed by atoms with van der Waals surface area (Å²) in [4.78, 5) is 23.1. The molecule has 2 amide bonds. The third-order valence-corrected chi connectivity index (χ3v) is 14.5. The molecule has 14 nitrogen and oxygen atoms in total. The second kappa shape index (κ2) is 20.8. The number of benzene rings is 6. The molecular formula is C52H54FN5O9S2. The van der Waals surface area contributed by atoms with Crippen LogP contribution in [0.15, 0.2) is 141 Å². The molecule has 0 atom stereocenters. The molecule has 0 radical (unpaired) electrons. The average molecular weight is 976 g/mol. The van der Waals surface area contributed by atoms with E-state index in [1.54, 1.807) is 48.4 Å². The third kappa shape index (κ3) is 10.6. The molecule has 0 fully saturated rings. The fourth-order valence-corrected chi connectivity index (χ4v) is 10.6. The van der Waals surface area contributed by atoms with Crippen molar-refractivity contribution in [2.75, 3.05) is 54.5 Å². The molecule has 3 aliphatic rings. The Morgan fingerprint density at radius 3 is 2.30 bits per heavy atom. The van der Waals surface area contributed by atoms with E-state index in [0.29, 0.717) is 94.9 Å². The molecule has 2 heterocycles. The zero-order chi connectivity index (χ0) is 48.9. The van der Waals surface area contributed by atoms with Gasteiger partial charge in [-0.25, -0.2) is 22.3 Å². The lowest BCUT2D eigenvalue weighted by Crippen LogP contribution is -2.48. The van der Waals surface area contributed by atoms with Gasteiger partial charge in [0, 0.05) is 78.7 Å². The van der Waals surface area contributed by atoms with Crippen LogP contribution in [0.1, 0.15) is 52.0 Å². The van der Waals surface area contributed by atoms with Gasteiger partial charge < -0.3 is 18.8 Å². The molecule has 69 heavy (non-hydrogen) atoms. The molecule has 2 aliphatic heterocycles. The fourth-order valence-electron chi connectivity index (χ4n) is 8.73. The van der Waals surface area contributed by atoms with Crippen molar-refractivity contribution in [2.24, 2.45) is 4.99 Å². The molecule has 0 aromatic heterocycles. The zero-order valence-electron chi connectivity index (χ0n) is 38.8. The Labute approximate surface area is 401 Å². The number of hydrogen-bond donors (Lipinski definition) is 2. The van der Waals surface area contributed by atoms with Crippen molar-refractivity contribution < 1.29 is 44.5 Å². The van der Waals surface area contributed by atoms with E-state index in [-0.39, 0.29) is 35.3 Å². The number of rotatable bonds is 19. The molecule has 2 N–H and O–H groups in total. The van der Waals surface area contributed by atoms with Crippen molar-refractivity contribution in [3.05, 3.63) is 138 Å². The van der Waals surface area contributed by atoms with Crippen LogP contribution in [0.3, 0.4) is 0 Å². The summed E-state index contributed by atoms with van der Waals surface area (Å²) in [5.41, 5.74) is 4.24. The van der Waals surface area contributed by atoms with Gasteiger partial charge in [-0.3, -0.25) is 19.3 Å². The average Bonchev–Trinajstić information content (AvgIpc) is 3.34. The number of hydrogen-bond acceptors (Lipinski definition) is 10. The Balaban J connectivity index is 0.974. The highest BCUT2D eigenvalue weighted by atomic mass is 32.2. The van der Waals surface area contributed by atoms with Crippen molar-refractivity contribution in [2.45, 2.75) is 62.8 Å². The van der Waals surface area contributed by atoms with Crippen molar-refractivity contribution >= 4 is 54.2 Å². The number of carbonyl (C=O) groups excluding carboxylic acids is 1. The van der Waals surface area contributed by atoms with E-state index in [2.05, 4.69) is 14.6 Å². The Kier molecular flexibility index (Phi) is 14.7. The van der Waals surface area contributed by atoms with Crippen molar-refractivity contribution in [1.29, 1.82) is 0 Å². The Bertz CT molecular complexity index is 3270.